The van der Waals surface area contributed by atoms with Crippen LogP contribution in [0.15, 0.2) is 59.7 Å². The van der Waals surface area contributed by atoms with E-state index in [9.17, 15) is 9.59 Å². The summed E-state index contributed by atoms with van der Waals surface area (Å²) < 4.78 is 6.89. The van der Waals surface area contributed by atoms with Gasteiger partial charge in [0, 0.05) is 26.1 Å². The van der Waals surface area contributed by atoms with Crippen LogP contribution in [0.5, 0.6) is 0 Å². The molecule has 7 heteroatoms. The zero-order valence-corrected chi connectivity index (χ0v) is 15.5. The second-order valence-corrected chi connectivity index (χ2v) is 6.68. The van der Waals surface area contributed by atoms with Crippen molar-refractivity contribution < 1.29 is 9.53 Å². The number of morpholine rings is 1. The van der Waals surface area contributed by atoms with Gasteiger partial charge in [-0.25, -0.2) is 4.98 Å². The highest BCUT2D eigenvalue weighted by atomic mass is 16.5. The predicted molar refractivity (Wildman–Crippen MR) is 109 cm³/mol. The van der Waals surface area contributed by atoms with E-state index in [1.165, 1.54) is 10.9 Å². The maximum atomic E-state index is 12.5. The lowest BCUT2D eigenvalue weighted by Crippen LogP contribution is -2.36. The molecular weight excluding hydrogens is 356 g/mol. The molecule has 0 radical (unpaired) electrons. The zero-order valence-electron chi connectivity index (χ0n) is 15.5. The second kappa shape index (κ2) is 8.22. The van der Waals surface area contributed by atoms with Crippen molar-refractivity contribution in [2.24, 2.45) is 0 Å². The van der Waals surface area contributed by atoms with Crippen molar-refractivity contribution in [3.8, 4) is 0 Å². The maximum Gasteiger partial charge on any atom is 0.261 e. The van der Waals surface area contributed by atoms with E-state index in [0.717, 1.165) is 24.5 Å². The molecule has 0 spiro atoms. The number of anilines is 2. The molecule has 0 saturated carbocycles. The number of aromatic nitrogens is 2. The summed E-state index contributed by atoms with van der Waals surface area (Å²) in [6.07, 6.45) is 1.69. The van der Waals surface area contributed by atoms with Crippen molar-refractivity contribution in [3.05, 3.63) is 65.2 Å². The largest absolute Gasteiger partial charge is 0.378 e. The molecule has 1 aliphatic rings. The Morgan fingerprint density at radius 1 is 1.07 bits per heavy atom. The Kier molecular flexibility index (Phi) is 5.34. The third-order valence-electron chi connectivity index (χ3n) is 4.84. The third-order valence-corrected chi connectivity index (χ3v) is 4.84. The number of para-hydroxylation sites is 3. The smallest absolute Gasteiger partial charge is 0.261 e. The molecule has 2 heterocycles. The topological polar surface area (TPSA) is 76.5 Å². The molecule has 28 heavy (non-hydrogen) atoms. The molecule has 1 fully saturated rings. The first-order valence-corrected chi connectivity index (χ1v) is 9.38. The van der Waals surface area contributed by atoms with Crippen LogP contribution in [0.4, 0.5) is 11.4 Å². The maximum absolute atomic E-state index is 12.5. The van der Waals surface area contributed by atoms with Gasteiger partial charge in [-0.1, -0.05) is 24.3 Å². The van der Waals surface area contributed by atoms with Gasteiger partial charge < -0.3 is 15.0 Å². The monoisotopic (exact) mass is 378 g/mol. The molecule has 7 nitrogen and oxygen atoms in total. The van der Waals surface area contributed by atoms with E-state index in [4.69, 9.17) is 4.74 Å². The molecule has 0 unspecified atom stereocenters. The Bertz CT molecular complexity index is 1040. The fraction of sp³-hybridized carbons (Fsp3) is 0.286. The van der Waals surface area contributed by atoms with Crippen molar-refractivity contribution in [2.75, 3.05) is 36.5 Å². The number of amides is 1. The molecule has 1 amide bonds. The van der Waals surface area contributed by atoms with Crippen LogP contribution in [0.1, 0.15) is 6.42 Å². The van der Waals surface area contributed by atoms with Gasteiger partial charge in [0.1, 0.15) is 0 Å². The molecule has 1 saturated heterocycles. The Balaban J connectivity index is 1.44. The number of carbonyl (C=O) groups is 1. The van der Waals surface area contributed by atoms with Crippen LogP contribution >= 0.6 is 0 Å². The van der Waals surface area contributed by atoms with Gasteiger partial charge in [-0.05, 0) is 24.3 Å². The number of benzene rings is 2. The highest BCUT2D eigenvalue weighted by Gasteiger charge is 2.16. The number of fused-ring (bicyclic) bond motifs is 1. The predicted octanol–water partition coefficient (Wildman–Crippen LogP) is 2.26. The zero-order chi connectivity index (χ0) is 19.3. The van der Waals surface area contributed by atoms with Crippen molar-refractivity contribution in [1.82, 2.24) is 9.55 Å². The minimum Gasteiger partial charge on any atom is -0.378 e. The quantitative estimate of drug-likeness (QED) is 0.737. The Hall–Kier alpha value is -3.19. The van der Waals surface area contributed by atoms with Crippen molar-refractivity contribution in [2.45, 2.75) is 13.0 Å². The molecule has 0 atom stereocenters. The average Bonchev–Trinajstić information content (AvgIpc) is 2.74. The van der Waals surface area contributed by atoms with Gasteiger partial charge in [-0.3, -0.25) is 14.2 Å². The summed E-state index contributed by atoms with van der Waals surface area (Å²) in [4.78, 5) is 31.5. The van der Waals surface area contributed by atoms with Crippen molar-refractivity contribution in [3.63, 3.8) is 0 Å². The number of aryl methyl sites for hydroxylation is 1. The lowest BCUT2D eigenvalue weighted by molar-refractivity contribution is -0.116. The van der Waals surface area contributed by atoms with Gasteiger partial charge in [0.05, 0.1) is 41.8 Å². The van der Waals surface area contributed by atoms with Crippen LogP contribution in [-0.4, -0.2) is 41.8 Å². The van der Waals surface area contributed by atoms with Gasteiger partial charge in [-0.2, -0.15) is 0 Å². The molecule has 1 N–H and O–H groups in total. The molecule has 144 valence electrons. The first-order chi connectivity index (χ1) is 13.7. The lowest BCUT2D eigenvalue weighted by atomic mass is 10.2. The fourth-order valence-electron chi connectivity index (χ4n) is 3.36. The summed E-state index contributed by atoms with van der Waals surface area (Å²) in [5, 5.41) is 3.54. The molecule has 4 rings (SSSR count). The third kappa shape index (κ3) is 3.89. The van der Waals surface area contributed by atoms with E-state index >= 15 is 0 Å². The molecule has 0 aliphatic carbocycles. The summed E-state index contributed by atoms with van der Waals surface area (Å²) in [5.41, 5.74) is 2.29. The first kappa shape index (κ1) is 18.2. The number of rotatable bonds is 5. The van der Waals surface area contributed by atoms with E-state index in [1.807, 2.05) is 36.4 Å². The molecule has 1 aromatic heterocycles. The number of nitrogens with one attached hydrogen (secondary N) is 1. The second-order valence-electron chi connectivity index (χ2n) is 6.68. The molecule has 1 aliphatic heterocycles. The summed E-state index contributed by atoms with van der Waals surface area (Å²) in [5.74, 6) is -0.138. The van der Waals surface area contributed by atoms with Crippen LogP contribution in [0, 0.1) is 0 Å². The Morgan fingerprint density at radius 2 is 1.82 bits per heavy atom. The summed E-state index contributed by atoms with van der Waals surface area (Å²) in [7, 11) is 0. The molecular formula is C21H22N4O3. The molecule has 0 bridgehead atoms. The van der Waals surface area contributed by atoms with Gasteiger partial charge in [0.2, 0.25) is 5.91 Å². The van der Waals surface area contributed by atoms with Crippen LogP contribution in [0.25, 0.3) is 10.9 Å². The highest BCUT2D eigenvalue weighted by molar-refractivity contribution is 5.94. The van der Waals surface area contributed by atoms with E-state index < -0.39 is 0 Å². The summed E-state index contributed by atoms with van der Waals surface area (Å²) in [6, 6.07) is 15.0. The van der Waals surface area contributed by atoms with Crippen LogP contribution in [-0.2, 0) is 16.1 Å². The van der Waals surface area contributed by atoms with Crippen molar-refractivity contribution in [1.29, 1.82) is 0 Å². The number of hydrogen-bond acceptors (Lipinski definition) is 5. The highest BCUT2D eigenvalue weighted by Crippen LogP contribution is 2.26. The van der Waals surface area contributed by atoms with Crippen LogP contribution in [0.3, 0.4) is 0 Å². The first-order valence-electron chi connectivity index (χ1n) is 9.38. The number of ether oxygens (including phenoxy) is 1. The van der Waals surface area contributed by atoms with Crippen molar-refractivity contribution >= 4 is 28.2 Å². The van der Waals surface area contributed by atoms with Gasteiger partial charge in [0.25, 0.3) is 5.56 Å². The normalized spacial score (nSPS) is 14.2. The molecule has 2 aromatic carbocycles. The fourth-order valence-corrected chi connectivity index (χ4v) is 3.36. The molecule has 3 aromatic rings. The summed E-state index contributed by atoms with van der Waals surface area (Å²) >= 11 is 0. The number of carbonyl (C=O) groups excluding carboxylic acids is 1. The Morgan fingerprint density at radius 3 is 2.68 bits per heavy atom. The Labute approximate surface area is 162 Å². The lowest BCUT2D eigenvalue weighted by Gasteiger charge is -2.30. The van der Waals surface area contributed by atoms with E-state index in [1.54, 1.807) is 12.1 Å². The van der Waals surface area contributed by atoms with E-state index in [0.29, 0.717) is 24.1 Å². The minimum absolute atomic E-state index is 0.132. The standard InChI is InChI=1S/C21H22N4O3/c26-20(9-10-25-15-22-17-6-2-1-5-16(17)21(25)27)23-18-7-3-4-8-19(18)24-11-13-28-14-12-24/h1-8,15H,9-14H2,(H,23,26). The number of nitrogens with zero attached hydrogens (tertiary/aromatic N) is 3. The van der Waals surface area contributed by atoms with Gasteiger partial charge in [0.15, 0.2) is 0 Å². The van der Waals surface area contributed by atoms with E-state index in [2.05, 4.69) is 15.2 Å². The van der Waals surface area contributed by atoms with Crippen LogP contribution < -0.4 is 15.8 Å². The van der Waals surface area contributed by atoms with Gasteiger partial charge >= 0.3 is 0 Å². The van der Waals surface area contributed by atoms with E-state index in [-0.39, 0.29) is 24.4 Å². The minimum atomic E-state index is -0.138. The number of hydrogen-bond donors (Lipinski definition) is 1. The SMILES string of the molecule is O=C(CCn1cnc2ccccc2c1=O)Nc1ccccc1N1CCOCC1. The average molecular weight is 378 g/mol. The van der Waals surface area contributed by atoms with Gasteiger partial charge in [-0.15, -0.1) is 0 Å². The summed E-state index contributed by atoms with van der Waals surface area (Å²) in [6.45, 7) is 3.23. The van der Waals surface area contributed by atoms with Crippen LogP contribution in [0.2, 0.25) is 0 Å².